The molecule has 0 aromatic heterocycles. The maximum Gasteiger partial charge on any atom is 0.333 e. The fourth-order valence-corrected chi connectivity index (χ4v) is 1.96. The van der Waals surface area contributed by atoms with E-state index in [1.165, 1.54) is 6.07 Å². The van der Waals surface area contributed by atoms with Gasteiger partial charge in [-0.1, -0.05) is 39.2 Å². The molecular weight excluding hydrogens is 244 g/mol. The number of nitrogens with two attached hydrogens (primary N) is 1. The molecule has 0 spiro atoms. The number of anilines is 1. The predicted molar refractivity (Wildman–Crippen MR) is 76.3 cm³/mol. The molecule has 2 N–H and O–H groups in total. The largest absolute Gasteiger partial charge is 0.486 e. The molecule has 0 aliphatic heterocycles. The molecule has 0 saturated carbocycles. The summed E-state index contributed by atoms with van der Waals surface area (Å²) >= 11 is 0. The lowest BCUT2D eigenvalue weighted by Crippen LogP contribution is -2.12. The van der Waals surface area contributed by atoms with Crippen LogP contribution in [-0.2, 0) is 0 Å². The van der Waals surface area contributed by atoms with Gasteiger partial charge in [0.15, 0.2) is 5.75 Å². The zero-order chi connectivity index (χ0) is 14.3. The first-order chi connectivity index (χ1) is 9.10. The van der Waals surface area contributed by atoms with Crippen molar-refractivity contribution in [3.63, 3.8) is 0 Å². The minimum absolute atomic E-state index is 0.132. The van der Waals surface area contributed by atoms with Gasteiger partial charge in [-0.25, -0.2) is 0 Å². The quantitative estimate of drug-likeness (QED) is 0.441. The van der Waals surface area contributed by atoms with Crippen LogP contribution in [0.2, 0.25) is 0 Å². The molecule has 1 aromatic carbocycles. The molecule has 0 amide bonds. The average molecular weight is 266 g/mol. The van der Waals surface area contributed by atoms with Crippen molar-refractivity contribution in [3.8, 4) is 5.75 Å². The summed E-state index contributed by atoms with van der Waals surface area (Å²) in [6.07, 6.45) is 4.40. The van der Waals surface area contributed by atoms with Gasteiger partial charge in [0.1, 0.15) is 5.69 Å². The third-order valence-corrected chi connectivity index (χ3v) is 3.23. The van der Waals surface area contributed by atoms with Gasteiger partial charge in [-0.15, -0.1) is 0 Å². The van der Waals surface area contributed by atoms with E-state index in [-0.39, 0.29) is 17.1 Å². The third kappa shape index (κ3) is 4.43. The molecule has 0 saturated heterocycles. The predicted octanol–water partition coefficient (Wildman–Crippen LogP) is 3.77. The molecule has 19 heavy (non-hydrogen) atoms. The Labute approximate surface area is 113 Å². The highest BCUT2D eigenvalue weighted by molar-refractivity contribution is 5.65. The van der Waals surface area contributed by atoms with E-state index in [0.29, 0.717) is 12.5 Å². The van der Waals surface area contributed by atoms with E-state index in [0.717, 1.165) is 25.7 Å². The molecule has 0 aliphatic carbocycles. The van der Waals surface area contributed by atoms with Crippen LogP contribution in [0.5, 0.6) is 5.75 Å². The minimum atomic E-state index is -0.488. The zero-order valence-electron chi connectivity index (χ0n) is 11.6. The number of rotatable bonds is 8. The first kappa shape index (κ1) is 15.3. The molecule has 1 unspecified atom stereocenters. The minimum Gasteiger partial charge on any atom is -0.486 e. The third-order valence-electron chi connectivity index (χ3n) is 3.23. The van der Waals surface area contributed by atoms with Crippen molar-refractivity contribution >= 4 is 11.4 Å². The van der Waals surface area contributed by atoms with Gasteiger partial charge in [0.05, 0.1) is 11.5 Å². The Morgan fingerprint density at radius 3 is 2.74 bits per heavy atom. The topological polar surface area (TPSA) is 78.4 Å². The summed E-state index contributed by atoms with van der Waals surface area (Å²) in [5.41, 5.74) is 5.63. The highest BCUT2D eigenvalue weighted by Gasteiger charge is 2.19. The number of nitro benzene ring substituents is 1. The van der Waals surface area contributed by atoms with Gasteiger partial charge < -0.3 is 10.5 Å². The second kappa shape index (κ2) is 7.61. The van der Waals surface area contributed by atoms with Gasteiger partial charge >= 0.3 is 5.69 Å². The van der Waals surface area contributed by atoms with Crippen LogP contribution in [0.25, 0.3) is 0 Å². The lowest BCUT2D eigenvalue weighted by molar-refractivity contribution is -0.384. The fraction of sp³-hybridized carbons (Fsp3) is 0.571. The maximum atomic E-state index is 11.0. The van der Waals surface area contributed by atoms with Gasteiger partial charge in [0.2, 0.25) is 0 Å². The number of hydrogen-bond donors (Lipinski definition) is 1. The molecule has 0 fully saturated rings. The first-order valence-electron chi connectivity index (χ1n) is 6.75. The smallest absolute Gasteiger partial charge is 0.333 e. The molecule has 0 bridgehead atoms. The Morgan fingerprint density at radius 2 is 2.16 bits per heavy atom. The molecule has 1 rings (SSSR count). The molecule has 106 valence electrons. The maximum absolute atomic E-state index is 11.0. The molecule has 5 nitrogen and oxygen atoms in total. The lowest BCUT2D eigenvalue weighted by Gasteiger charge is -2.15. The van der Waals surface area contributed by atoms with Crippen molar-refractivity contribution < 1.29 is 9.66 Å². The lowest BCUT2D eigenvalue weighted by atomic mass is 10.0. The molecule has 1 aromatic rings. The van der Waals surface area contributed by atoms with Crippen LogP contribution in [0.15, 0.2) is 18.2 Å². The number of nitrogen functional groups attached to an aromatic ring is 1. The van der Waals surface area contributed by atoms with Gasteiger partial charge in [0.25, 0.3) is 0 Å². The standard InChI is InChI=1S/C14H22N2O3/c1-3-5-7-11(4-2)10-19-13-9-6-8-12(15)14(13)16(17)18/h6,8-9,11H,3-5,7,10,15H2,1-2H3. The number of para-hydroxylation sites is 1. The van der Waals surface area contributed by atoms with Gasteiger partial charge in [-0.3, -0.25) is 10.1 Å². The number of hydrogen-bond acceptors (Lipinski definition) is 4. The van der Waals surface area contributed by atoms with E-state index >= 15 is 0 Å². The summed E-state index contributed by atoms with van der Waals surface area (Å²) in [7, 11) is 0. The first-order valence-corrected chi connectivity index (χ1v) is 6.75. The Hall–Kier alpha value is -1.78. The Balaban J connectivity index is 2.71. The Morgan fingerprint density at radius 1 is 1.42 bits per heavy atom. The molecule has 0 aliphatic rings. The van der Waals surface area contributed by atoms with Crippen LogP contribution in [-0.4, -0.2) is 11.5 Å². The summed E-state index contributed by atoms with van der Waals surface area (Å²) in [5.74, 6) is 0.695. The van der Waals surface area contributed by atoms with Crippen molar-refractivity contribution in [1.29, 1.82) is 0 Å². The number of ether oxygens (including phenoxy) is 1. The number of nitrogens with zero attached hydrogens (tertiary/aromatic N) is 1. The average Bonchev–Trinajstić information content (AvgIpc) is 2.38. The van der Waals surface area contributed by atoms with Crippen molar-refractivity contribution in [1.82, 2.24) is 0 Å². The van der Waals surface area contributed by atoms with Gasteiger partial charge in [-0.05, 0) is 24.5 Å². The van der Waals surface area contributed by atoms with E-state index in [1.807, 2.05) is 0 Å². The Kier molecular flexibility index (Phi) is 6.12. The van der Waals surface area contributed by atoms with Crippen molar-refractivity contribution in [2.24, 2.45) is 5.92 Å². The van der Waals surface area contributed by atoms with E-state index < -0.39 is 4.92 Å². The molecule has 0 heterocycles. The van der Waals surface area contributed by atoms with Gasteiger partial charge in [-0.2, -0.15) is 0 Å². The van der Waals surface area contributed by atoms with Gasteiger partial charge in [0, 0.05) is 0 Å². The fourth-order valence-electron chi connectivity index (χ4n) is 1.96. The van der Waals surface area contributed by atoms with Crippen LogP contribution < -0.4 is 10.5 Å². The van der Waals surface area contributed by atoms with Crippen molar-refractivity contribution in [3.05, 3.63) is 28.3 Å². The molecule has 0 radical (unpaired) electrons. The van der Waals surface area contributed by atoms with Crippen LogP contribution in [0.3, 0.4) is 0 Å². The highest BCUT2D eigenvalue weighted by Crippen LogP contribution is 2.33. The summed E-state index contributed by atoms with van der Waals surface area (Å²) in [5, 5.41) is 11.0. The molecule has 1 atom stereocenters. The summed E-state index contributed by atoms with van der Waals surface area (Å²) in [6.45, 7) is 4.76. The SMILES string of the molecule is CCCCC(CC)COc1cccc(N)c1[N+](=O)[O-]. The van der Waals surface area contributed by atoms with E-state index in [2.05, 4.69) is 13.8 Å². The van der Waals surface area contributed by atoms with E-state index in [4.69, 9.17) is 10.5 Å². The van der Waals surface area contributed by atoms with Crippen LogP contribution in [0.4, 0.5) is 11.4 Å². The normalized spacial score (nSPS) is 12.1. The molecular formula is C14H22N2O3. The van der Waals surface area contributed by atoms with Crippen molar-refractivity contribution in [2.75, 3.05) is 12.3 Å². The number of nitro groups is 1. The Bertz CT molecular complexity index is 421. The second-order valence-electron chi connectivity index (χ2n) is 4.68. The number of unbranched alkanes of at least 4 members (excludes halogenated alkanes) is 1. The second-order valence-corrected chi connectivity index (χ2v) is 4.68. The highest BCUT2D eigenvalue weighted by atomic mass is 16.6. The van der Waals surface area contributed by atoms with Crippen LogP contribution in [0.1, 0.15) is 39.5 Å². The van der Waals surface area contributed by atoms with Crippen LogP contribution in [0, 0.1) is 16.0 Å². The summed E-state index contributed by atoms with van der Waals surface area (Å²) in [4.78, 5) is 10.5. The van der Waals surface area contributed by atoms with E-state index in [1.54, 1.807) is 12.1 Å². The van der Waals surface area contributed by atoms with E-state index in [9.17, 15) is 10.1 Å². The number of benzene rings is 1. The summed E-state index contributed by atoms with van der Waals surface area (Å²) in [6, 6.07) is 4.78. The zero-order valence-corrected chi connectivity index (χ0v) is 11.6. The monoisotopic (exact) mass is 266 g/mol. The summed E-state index contributed by atoms with van der Waals surface area (Å²) < 4.78 is 5.61. The van der Waals surface area contributed by atoms with Crippen molar-refractivity contribution in [2.45, 2.75) is 39.5 Å². The van der Waals surface area contributed by atoms with Crippen LogP contribution >= 0.6 is 0 Å². The molecule has 5 heteroatoms.